The average Bonchev–Trinajstić information content (AvgIpc) is 2.51. The molecule has 1 aromatic carbocycles. The molecule has 0 unspecified atom stereocenters. The summed E-state index contributed by atoms with van der Waals surface area (Å²) in [5.41, 5.74) is 0.852. The van der Waals surface area contributed by atoms with Crippen LogP contribution in [0.3, 0.4) is 0 Å². The molecule has 0 aliphatic carbocycles. The van der Waals surface area contributed by atoms with Crippen molar-refractivity contribution in [3.05, 3.63) is 35.9 Å². The Bertz CT molecular complexity index is 439. The predicted octanol–water partition coefficient (Wildman–Crippen LogP) is 2.48. The molecule has 0 spiro atoms. The lowest BCUT2D eigenvalue weighted by atomic mass is 9.79. The lowest BCUT2D eigenvalue weighted by Crippen LogP contribution is -2.47. The molecule has 0 radical (unpaired) electrons. The summed E-state index contributed by atoms with van der Waals surface area (Å²) in [5.74, 6) is -0.105. The highest BCUT2D eigenvalue weighted by Crippen LogP contribution is 2.33. The molecule has 0 bridgehead atoms. The maximum Gasteiger partial charge on any atom is 0.314 e. The number of carbonyl (C=O) groups is 1. The quantitative estimate of drug-likeness (QED) is 0.755. The van der Waals surface area contributed by atoms with Gasteiger partial charge in [0.25, 0.3) is 0 Å². The first kappa shape index (κ1) is 16.0. The van der Waals surface area contributed by atoms with Crippen molar-refractivity contribution in [1.29, 1.82) is 0 Å². The minimum absolute atomic E-state index is 0.105. The molecule has 1 aromatic rings. The normalized spacial score (nSPS) is 18.4. The van der Waals surface area contributed by atoms with Crippen molar-refractivity contribution in [2.75, 3.05) is 33.4 Å². The predicted molar refractivity (Wildman–Crippen MR) is 81.9 cm³/mol. The summed E-state index contributed by atoms with van der Waals surface area (Å²) < 4.78 is 10.5. The molecule has 4 heteroatoms. The third-order valence-electron chi connectivity index (χ3n) is 4.19. The molecule has 0 aromatic heterocycles. The van der Waals surface area contributed by atoms with Gasteiger partial charge >= 0.3 is 5.97 Å². The summed E-state index contributed by atoms with van der Waals surface area (Å²) in [6.45, 7) is 5.47. The molecule has 21 heavy (non-hydrogen) atoms. The number of methoxy groups -OCH3 is 1. The first-order chi connectivity index (χ1) is 10.2. The Morgan fingerprint density at radius 1 is 1.24 bits per heavy atom. The van der Waals surface area contributed by atoms with E-state index in [0.717, 1.165) is 32.5 Å². The fraction of sp³-hybridized carbons (Fsp3) is 0.588. The monoisotopic (exact) mass is 291 g/mol. The molecule has 1 fully saturated rings. The van der Waals surface area contributed by atoms with E-state index in [-0.39, 0.29) is 5.97 Å². The van der Waals surface area contributed by atoms with Gasteiger partial charge in [0.2, 0.25) is 0 Å². The van der Waals surface area contributed by atoms with Gasteiger partial charge in [-0.25, -0.2) is 0 Å². The van der Waals surface area contributed by atoms with E-state index in [1.165, 1.54) is 5.56 Å². The van der Waals surface area contributed by atoms with Crippen LogP contribution in [0.4, 0.5) is 0 Å². The number of esters is 1. The van der Waals surface area contributed by atoms with Crippen molar-refractivity contribution in [2.24, 2.45) is 5.41 Å². The van der Waals surface area contributed by atoms with Crippen molar-refractivity contribution in [1.82, 2.24) is 4.90 Å². The fourth-order valence-electron chi connectivity index (χ4n) is 2.95. The van der Waals surface area contributed by atoms with E-state index in [4.69, 9.17) is 9.47 Å². The molecule has 2 rings (SSSR count). The Hall–Kier alpha value is -1.39. The van der Waals surface area contributed by atoms with E-state index < -0.39 is 5.41 Å². The molecule has 1 aliphatic heterocycles. The van der Waals surface area contributed by atoms with Gasteiger partial charge in [-0.15, -0.1) is 0 Å². The lowest BCUT2D eigenvalue weighted by molar-refractivity contribution is -0.162. The van der Waals surface area contributed by atoms with Gasteiger partial charge in [0, 0.05) is 13.7 Å². The zero-order chi connectivity index (χ0) is 15.1. The minimum atomic E-state index is -0.460. The van der Waals surface area contributed by atoms with E-state index in [1.54, 1.807) is 7.11 Å². The van der Waals surface area contributed by atoms with Crippen LogP contribution in [0, 0.1) is 5.41 Å². The molecule has 0 amide bonds. The van der Waals surface area contributed by atoms with Crippen molar-refractivity contribution in [2.45, 2.75) is 26.3 Å². The Kier molecular flexibility index (Phi) is 5.76. The number of piperidine rings is 1. The second kappa shape index (κ2) is 7.57. The highest BCUT2D eigenvalue weighted by molar-refractivity contribution is 5.77. The topological polar surface area (TPSA) is 38.8 Å². The molecule has 1 heterocycles. The number of likely N-dealkylation sites (tertiary alicyclic amines) is 1. The Labute approximate surface area is 127 Å². The number of hydrogen-bond acceptors (Lipinski definition) is 4. The zero-order valence-corrected chi connectivity index (χ0v) is 13.0. The van der Waals surface area contributed by atoms with Crippen molar-refractivity contribution >= 4 is 5.97 Å². The third-order valence-corrected chi connectivity index (χ3v) is 4.19. The highest BCUT2D eigenvalue weighted by Gasteiger charge is 2.42. The van der Waals surface area contributed by atoms with Crippen LogP contribution in [-0.2, 0) is 20.8 Å². The first-order valence-electron chi connectivity index (χ1n) is 7.62. The Balaban J connectivity index is 1.94. The van der Waals surface area contributed by atoms with E-state index in [0.29, 0.717) is 13.2 Å². The van der Waals surface area contributed by atoms with E-state index in [9.17, 15) is 4.79 Å². The number of benzene rings is 1. The average molecular weight is 291 g/mol. The zero-order valence-electron chi connectivity index (χ0n) is 13.0. The van der Waals surface area contributed by atoms with Gasteiger partial charge in [0.1, 0.15) is 0 Å². The van der Waals surface area contributed by atoms with Crippen LogP contribution >= 0.6 is 0 Å². The first-order valence-corrected chi connectivity index (χ1v) is 7.62. The second-order valence-corrected chi connectivity index (χ2v) is 5.70. The van der Waals surface area contributed by atoms with Gasteiger partial charge < -0.3 is 9.47 Å². The van der Waals surface area contributed by atoms with Gasteiger partial charge in [0.15, 0.2) is 0 Å². The SMILES string of the molecule is CCOC(=O)C1(COC)CCN(Cc2ccccc2)CC1. The maximum atomic E-state index is 12.3. The van der Waals surface area contributed by atoms with Crippen LogP contribution in [0.5, 0.6) is 0 Å². The van der Waals surface area contributed by atoms with Crippen molar-refractivity contribution in [3.63, 3.8) is 0 Å². The molecule has 1 aliphatic rings. The van der Waals surface area contributed by atoms with E-state index >= 15 is 0 Å². The lowest BCUT2D eigenvalue weighted by Gasteiger charge is -2.39. The van der Waals surface area contributed by atoms with Crippen LogP contribution in [0.15, 0.2) is 30.3 Å². The Morgan fingerprint density at radius 2 is 1.90 bits per heavy atom. The highest BCUT2D eigenvalue weighted by atomic mass is 16.5. The van der Waals surface area contributed by atoms with Gasteiger partial charge in [-0.3, -0.25) is 9.69 Å². The van der Waals surface area contributed by atoms with Gasteiger partial charge in [-0.1, -0.05) is 30.3 Å². The van der Waals surface area contributed by atoms with Gasteiger partial charge in [-0.2, -0.15) is 0 Å². The minimum Gasteiger partial charge on any atom is -0.465 e. The van der Waals surface area contributed by atoms with Crippen LogP contribution < -0.4 is 0 Å². The summed E-state index contributed by atoms with van der Waals surface area (Å²) in [4.78, 5) is 14.6. The van der Waals surface area contributed by atoms with E-state index in [2.05, 4.69) is 29.2 Å². The summed E-state index contributed by atoms with van der Waals surface area (Å²) in [6.07, 6.45) is 1.60. The van der Waals surface area contributed by atoms with Crippen LogP contribution in [0.2, 0.25) is 0 Å². The van der Waals surface area contributed by atoms with Crippen molar-refractivity contribution in [3.8, 4) is 0 Å². The number of rotatable bonds is 6. The molecule has 0 saturated carbocycles. The van der Waals surface area contributed by atoms with Crippen LogP contribution in [0.25, 0.3) is 0 Å². The summed E-state index contributed by atoms with van der Waals surface area (Å²) in [5, 5.41) is 0. The molecular weight excluding hydrogens is 266 g/mol. The summed E-state index contributed by atoms with van der Waals surface area (Å²) in [7, 11) is 1.65. The van der Waals surface area contributed by atoms with Crippen LogP contribution in [-0.4, -0.2) is 44.3 Å². The van der Waals surface area contributed by atoms with Gasteiger partial charge in [0.05, 0.1) is 18.6 Å². The number of ether oxygens (including phenoxy) is 2. The molecular formula is C17H25NO3. The van der Waals surface area contributed by atoms with Crippen molar-refractivity contribution < 1.29 is 14.3 Å². The summed E-state index contributed by atoms with van der Waals surface area (Å²) >= 11 is 0. The number of hydrogen-bond donors (Lipinski definition) is 0. The van der Waals surface area contributed by atoms with Crippen LogP contribution in [0.1, 0.15) is 25.3 Å². The fourth-order valence-corrected chi connectivity index (χ4v) is 2.95. The number of nitrogens with zero attached hydrogens (tertiary/aromatic N) is 1. The van der Waals surface area contributed by atoms with Gasteiger partial charge in [-0.05, 0) is 38.4 Å². The molecule has 0 atom stereocenters. The number of carbonyl (C=O) groups excluding carboxylic acids is 1. The largest absolute Gasteiger partial charge is 0.465 e. The molecule has 0 N–H and O–H groups in total. The standard InChI is InChI=1S/C17H25NO3/c1-3-21-16(19)17(14-20-2)9-11-18(12-10-17)13-15-7-5-4-6-8-15/h4-8H,3,9-14H2,1-2H3. The molecule has 1 saturated heterocycles. The maximum absolute atomic E-state index is 12.3. The second-order valence-electron chi connectivity index (χ2n) is 5.70. The summed E-state index contributed by atoms with van der Waals surface area (Å²) in [6, 6.07) is 10.4. The molecule has 116 valence electrons. The third kappa shape index (κ3) is 4.05. The Morgan fingerprint density at radius 3 is 2.48 bits per heavy atom. The molecule has 4 nitrogen and oxygen atoms in total. The van der Waals surface area contributed by atoms with E-state index in [1.807, 2.05) is 13.0 Å². The smallest absolute Gasteiger partial charge is 0.314 e.